The zero-order valence-electron chi connectivity index (χ0n) is 13.3. The zero-order valence-corrected chi connectivity index (χ0v) is 13.3. The maximum Gasteiger partial charge on any atom is 0.138 e. The van der Waals surface area contributed by atoms with Gasteiger partial charge < -0.3 is 5.73 Å². The van der Waals surface area contributed by atoms with Crippen molar-refractivity contribution in [2.75, 3.05) is 0 Å². The van der Waals surface area contributed by atoms with Gasteiger partial charge in [0.1, 0.15) is 12.2 Å². The summed E-state index contributed by atoms with van der Waals surface area (Å²) in [5.41, 5.74) is 7.64. The highest BCUT2D eigenvalue weighted by Gasteiger charge is 2.26. The molecule has 0 spiro atoms. The molecule has 114 valence electrons. The van der Waals surface area contributed by atoms with Crippen molar-refractivity contribution in [3.63, 3.8) is 0 Å². The number of nitrogens with zero attached hydrogens (tertiary/aromatic N) is 3. The van der Waals surface area contributed by atoms with E-state index >= 15 is 0 Å². The van der Waals surface area contributed by atoms with Crippen LogP contribution in [0.1, 0.15) is 38.6 Å². The molecule has 0 radical (unpaired) electrons. The molecule has 1 heterocycles. The fourth-order valence-corrected chi connectivity index (χ4v) is 2.55. The molecular formula is C17H26N4. The summed E-state index contributed by atoms with van der Waals surface area (Å²) in [5, 5.41) is 4.33. The van der Waals surface area contributed by atoms with Crippen molar-refractivity contribution in [2.45, 2.75) is 52.1 Å². The largest absolute Gasteiger partial charge is 0.324 e. The van der Waals surface area contributed by atoms with Crippen LogP contribution in [0.15, 0.2) is 36.7 Å². The van der Waals surface area contributed by atoms with Crippen molar-refractivity contribution in [3.05, 3.63) is 48.0 Å². The molecule has 1 unspecified atom stereocenters. The van der Waals surface area contributed by atoms with E-state index in [4.69, 9.17) is 5.73 Å². The second kappa shape index (κ2) is 6.85. The van der Waals surface area contributed by atoms with Crippen LogP contribution in [0.5, 0.6) is 0 Å². The average Bonchev–Trinajstić information content (AvgIpc) is 2.86. The van der Waals surface area contributed by atoms with Crippen molar-refractivity contribution in [1.29, 1.82) is 0 Å². The maximum absolute atomic E-state index is 6.64. The van der Waals surface area contributed by atoms with E-state index in [-0.39, 0.29) is 5.54 Å². The SMILES string of the molecule is CCC(N)(Cc1ccccc1)Cc1ncnn1CC(C)C. The number of nitrogens with two attached hydrogens (primary N) is 1. The van der Waals surface area contributed by atoms with E-state index in [1.54, 1.807) is 6.33 Å². The summed E-state index contributed by atoms with van der Waals surface area (Å²) in [6.45, 7) is 7.41. The topological polar surface area (TPSA) is 56.7 Å². The van der Waals surface area contributed by atoms with Crippen molar-refractivity contribution in [2.24, 2.45) is 11.7 Å². The van der Waals surface area contributed by atoms with E-state index in [9.17, 15) is 0 Å². The van der Waals surface area contributed by atoms with Crippen molar-refractivity contribution in [1.82, 2.24) is 14.8 Å². The summed E-state index contributed by atoms with van der Waals surface area (Å²) >= 11 is 0. The predicted molar refractivity (Wildman–Crippen MR) is 85.9 cm³/mol. The maximum atomic E-state index is 6.64. The lowest BCUT2D eigenvalue weighted by Crippen LogP contribution is -2.44. The first-order chi connectivity index (χ1) is 10.0. The standard InChI is InChI=1S/C17H26N4/c1-4-17(18,10-15-8-6-5-7-9-15)11-16-19-13-20-21(16)12-14(2)3/h5-9,13-14H,4,10-12,18H2,1-3H3. The quantitative estimate of drug-likeness (QED) is 0.851. The Morgan fingerprint density at radius 1 is 1.19 bits per heavy atom. The van der Waals surface area contributed by atoms with Gasteiger partial charge in [0.25, 0.3) is 0 Å². The molecule has 2 aromatic rings. The van der Waals surface area contributed by atoms with E-state index in [0.29, 0.717) is 5.92 Å². The van der Waals surface area contributed by atoms with Crippen LogP contribution in [0, 0.1) is 5.92 Å². The molecule has 4 nitrogen and oxygen atoms in total. The second-order valence-electron chi connectivity index (χ2n) is 6.31. The van der Waals surface area contributed by atoms with Crippen LogP contribution in [0.25, 0.3) is 0 Å². The lowest BCUT2D eigenvalue weighted by Gasteiger charge is -2.28. The molecule has 0 aliphatic heterocycles. The van der Waals surface area contributed by atoms with Gasteiger partial charge in [-0.2, -0.15) is 5.10 Å². The van der Waals surface area contributed by atoms with Gasteiger partial charge in [0.15, 0.2) is 0 Å². The molecule has 0 saturated heterocycles. The Morgan fingerprint density at radius 2 is 1.90 bits per heavy atom. The highest BCUT2D eigenvalue weighted by Crippen LogP contribution is 2.19. The molecule has 2 rings (SSSR count). The van der Waals surface area contributed by atoms with Gasteiger partial charge in [-0.1, -0.05) is 51.1 Å². The molecule has 1 aromatic heterocycles. The van der Waals surface area contributed by atoms with Gasteiger partial charge in [-0.05, 0) is 24.3 Å². The Balaban J connectivity index is 2.13. The Kier molecular flexibility index (Phi) is 5.12. The third kappa shape index (κ3) is 4.39. The first-order valence-corrected chi connectivity index (χ1v) is 7.72. The van der Waals surface area contributed by atoms with Crippen molar-refractivity contribution >= 4 is 0 Å². The Morgan fingerprint density at radius 3 is 2.52 bits per heavy atom. The summed E-state index contributed by atoms with van der Waals surface area (Å²) in [6, 6.07) is 10.4. The predicted octanol–water partition coefficient (Wildman–Crippen LogP) is 2.83. The molecule has 0 bridgehead atoms. The first kappa shape index (κ1) is 15.7. The number of hydrogen-bond donors (Lipinski definition) is 1. The van der Waals surface area contributed by atoms with Crippen LogP contribution < -0.4 is 5.73 Å². The molecular weight excluding hydrogens is 260 g/mol. The third-order valence-corrected chi connectivity index (χ3v) is 3.85. The lowest BCUT2D eigenvalue weighted by atomic mass is 9.86. The minimum atomic E-state index is -0.275. The Bertz CT molecular complexity index is 547. The zero-order chi connectivity index (χ0) is 15.3. The molecule has 0 fully saturated rings. The van der Waals surface area contributed by atoms with E-state index in [1.165, 1.54) is 5.56 Å². The van der Waals surface area contributed by atoms with Gasteiger partial charge in [-0.15, -0.1) is 0 Å². The number of benzene rings is 1. The molecule has 21 heavy (non-hydrogen) atoms. The highest BCUT2D eigenvalue weighted by atomic mass is 15.3. The Hall–Kier alpha value is -1.68. The number of hydrogen-bond acceptors (Lipinski definition) is 3. The molecule has 0 saturated carbocycles. The fourth-order valence-electron chi connectivity index (χ4n) is 2.55. The summed E-state index contributed by atoms with van der Waals surface area (Å²) in [7, 11) is 0. The van der Waals surface area contributed by atoms with Crippen LogP contribution in [0.4, 0.5) is 0 Å². The van der Waals surface area contributed by atoms with Gasteiger partial charge >= 0.3 is 0 Å². The third-order valence-electron chi connectivity index (χ3n) is 3.85. The first-order valence-electron chi connectivity index (χ1n) is 7.72. The summed E-state index contributed by atoms with van der Waals surface area (Å²) in [5.74, 6) is 1.54. The van der Waals surface area contributed by atoms with E-state index in [0.717, 1.165) is 31.6 Å². The van der Waals surface area contributed by atoms with Crippen LogP contribution in [-0.2, 0) is 19.4 Å². The monoisotopic (exact) mass is 286 g/mol. The highest BCUT2D eigenvalue weighted by molar-refractivity contribution is 5.18. The molecule has 2 N–H and O–H groups in total. The van der Waals surface area contributed by atoms with E-state index < -0.39 is 0 Å². The van der Waals surface area contributed by atoms with Crippen LogP contribution in [-0.4, -0.2) is 20.3 Å². The molecule has 0 amide bonds. The van der Waals surface area contributed by atoms with E-state index in [2.05, 4.69) is 55.1 Å². The fraction of sp³-hybridized carbons (Fsp3) is 0.529. The number of rotatable bonds is 7. The second-order valence-corrected chi connectivity index (χ2v) is 6.31. The molecule has 0 aliphatic carbocycles. The average molecular weight is 286 g/mol. The molecule has 1 atom stereocenters. The molecule has 4 heteroatoms. The smallest absolute Gasteiger partial charge is 0.138 e. The van der Waals surface area contributed by atoms with Gasteiger partial charge in [0, 0.05) is 18.5 Å². The van der Waals surface area contributed by atoms with Gasteiger partial charge in [0.05, 0.1) is 0 Å². The van der Waals surface area contributed by atoms with Crippen LogP contribution >= 0.6 is 0 Å². The molecule has 0 aliphatic rings. The Labute approximate surface area is 127 Å². The van der Waals surface area contributed by atoms with Crippen molar-refractivity contribution < 1.29 is 0 Å². The summed E-state index contributed by atoms with van der Waals surface area (Å²) in [4.78, 5) is 4.42. The van der Waals surface area contributed by atoms with Crippen LogP contribution in [0.2, 0.25) is 0 Å². The number of aromatic nitrogens is 3. The summed E-state index contributed by atoms with van der Waals surface area (Å²) in [6.07, 6.45) is 4.16. The van der Waals surface area contributed by atoms with Gasteiger partial charge in [-0.25, -0.2) is 9.67 Å². The normalized spacial score (nSPS) is 14.3. The van der Waals surface area contributed by atoms with Gasteiger partial charge in [0.2, 0.25) is 0 Å². The minimum absolute atomic E-state index is 0.275. The minimum Gasteiger partial charge on any atom is -0.324 e. The van der Waals surface area contributed by atoms with Crippen LogP contribution in [0.3, 0.4) is 0 Å². The van der Waals surface area contributed by atoms with Gasteiger partial charge in [-0.3, -0.25) is 0 Å². The lowest BCUT2D eigenvalue weighted by molar-refractivity contribution is 0.375. The summed E-state index contributed by atoms with van der Waals surface area (Å²) < 4.78 is 1.99. The van der Waals surface area contributed by atoms with Crippen molar-refractivity contribution in [3.8, 4) is 0 Å². The van der Waals surface area contributed by atoms with E-state index in [1.807, 2.05) is 10.7 Å². The molecule has 1 aromatic carbocycles.